The second kappa shape index (κ2) is 4.84. The number of benzene rings is 1. The van der Waals surface area contributed by atoms with Gasteiger partial charge in [-0.3, -0.25) is 4.79 Å². The Hall–Kier alpha value is -1.78. The molecule has 0 aromatic heterocycles. The zero-order chi connectivity index (χ0) is 13.2. The van der Waals surface area contributed by atoms with Crippen molar-refractivity contribution in [1.82, 2.24) is 0 Å². The van der Waals surface area contributed by atoms with E-state index in [1.165, 1.54) is 12.1 Å². The summed E-state index contributed by atoms with van der Waals surface area (Å²) in [7, 11) is 0. The number of carbonyl (C=O) groups excluding carboxylic acids is 1. The Morgan fingerprint density at radius 1 is 1.17 bits per heavy atom. The fourth-order valence-corrected chi connectivity index (χ4v) is 1.67. The first kappa shape index (κ1) is 12.7. The lowest BCUT2D eigenvalue weighted by atomic mass is 10.1. The third kappa shape index (κ3) is 2.72. The summed E-state index contributed by atoms with van der Waals surface area (Å²) < 4.78 is 42.2. The Kier molecular flexibility index (Phi) is 3.41. The lowest BCUT2D eigenvalue weighted by Gasteiger charge is -2.14. The molecule has 0 N–H and O–H groups in total. The highest BCUT2D eigenvalue weighted by molar-refractivity contribution is 6.07. The van der Waals surface area contributed by atoms with E-state index in [0.29, 0.717) is 6.61 Å². The van der Waals surface area contributed by atoms with Gasteiger partial charge in [0.2, 0.25) is 5.78 Å². The van der Waals surface area contributed by atoms with Gasteiger partial charge in [0, 0.05) is 5.56 Å². The van der Waals surface area contributed by atoms with Crippen molar-refractivity contribution in [3.63, 3.8) is 0 Å². The van der Waals surface area contributed by atoms with E-state index < -0.39 is 11.7 Å². The first-order valence-corrected chi connectivity index (χ1v) is 5.53. The van der Waals surface area contributed by atoms with Crippen molar-refractivity contribution in [2.75, 3.05) is 6.61 Å². The van der Waals surface area contributed by atoms with E-state index in [1.54, 1.807) is 6.08 Å². The van der Waals surface area contributed by atoms with E-state index in [0.717, 1.165) is 25.0 Å². The van der Waals surface area contributed by atoms with Crippen molar-refractivity contribution in [3.05, 3.63) is 47.2 Å². The van der Waals surface area contributed by atoms with E-state index in [1.807, 2.05) is 0 Å². The van der Waals surface area contributed by atoms with Gasteiger partial charge < -0.3 is 4.74 Å². The molecule has 0 bridgehead atoms. The van der Waals surface area contributed by atoms with Gasteiger partial charge in [0.25, 0.3) is 0 Å². The molecule has 1 aliphatic heterocycles. The van der Waals surface area contributed by atoms with Crippen molar-refractivity contribution in [2.24, 2.45) is 0 Å². The lowest BCUT2D eigenvalue weighted by molar-refractivity contribution is -0.137. The number of alkyl halides is 3. The van der Waals surface area contributed by atoms with Crippen LogP contribution in [0.5, 0.6) is 0 Å². The molecule has 0 saturated carbocycles. The molecule has 96 valence electrons. The Morgan fingerprint density at radius 3 is 2.33 bits per heavy atom. The first-order chi connectivity index (χ1) is 8.48. The zero-order valence-corrected chi connectivity index (χ0v) is 9.46. The predicted molar refractivity (Wildman–Crippen MR) is 59.0 cm³/mol. The van der Waals surface area contributed by atoms with E-state index in [4.69, 9.17) is 4.74 Å². The van der Waals surface area contributed by atoms with Gasteiger partial charge in [-0.25, -0.2) is 0 Å². The third-order valence-corrected chi connectivity index (χ3v) is 2.63. The van der Waals surface area contributed by atoms with Crippen LogP contribution in [-0.4, -0.2) is 12.4 Å². The van der Waals surface area contributed by atoms with Gasteiger partial charge in [-0.05, 0) is 31.1 Å². The van der Waals surface area contributed by atoms with Gasteiger partial charge in [-0.15, -0.1) is 0 Å². The van der Waals surface area contributed by atoms with Gasteiger partial charge in [-0.1, -0.05) is 12.1 Å². The fourth-order valence-electron chi connectivity index (χ4n) is 1.67. The maximum Gasteiger partial charge on any atom is 0.416 e. The minimum Gasteiger partial charge on any atom is -0.490 e. The molecule has 0 atom stereocenters. The maximum atomic E-state index is 12.4. The first-order valence-electron chi connectivity index (χ1n) is 5.53. The monoisotopic (exact) mass is 256 g/mol. The molecule has 0 radical (unpaired) electrons. The number of Topliss-reactive ketones (excluding diaryl/α,β-unsaturated/α-hetero) is 1. The summed E-state index contributed by atoms with van der Waals surface area (Å²) in [6.07, 6.45) is -1.11. The molecule has 2 nitrogen and oxygen atoms in total. The summed E-state index contributed by atoms with van der Waals surface area (Å²) in [5.41, 5.74) is -0.561. The van der Waals surface area contributed by atoms with Crippen LogP contribution in [0.4, 0.5) is 13.2 Å². The molecule has 5 heteroatoms. The fraction of sp³-hybridized carbons (Fsp3) is 0.308. The highest BCUT2D eigenvalue weighted by Crippen LogP contribution is 2.29. The van der Waals surface area contributed by atoms with E-state index in [2.05, 4.69) is 0 Å². The van der Waals surface area contributed by atoms with Gasteiger partial charge in [0.05, 0.1) is 12.2 Å². The van der Waals surface area contributed by atoms with Crippen LogP contribution < -0.4 is 0 Å². The standard InChI is InChI=1S/C13H11F3O2/c14-13(15,16)10-6-4-9(5-7-10)12(17)11-3-1-2-8-18-11/h3-7H,1-2,8H2. The van der Waals surface area contributed by atoms with Crippen molar-refractivity contribution in [1.29, 1.82) is 0 Å². The Morgan fingerprint density at radius 2 is 1.83 bits per heavy atom. The van der Waals surface area contributed by atoms with Crippen LogP contribution in [-0.2, 0) is 10.9 Å². The maximum absolute atomic E-state index is 12.4. The summed E-state index contributed by atoms with van der Waals surface area (Å²) in [5, 5.41) is 0. The highest BCUT2D eigenvalue weighted by Gasteiger charge is 2.30. The number of hydrogen-bond donors (Lipinski definition) is 0. The molecule has 1 aromatic carbocycles. The highest BCUT2D eigenvalue weighted by atomic mass is 19.4. The van der Waals surface area contributed by atoms with Crippen LogP contribution in [0.25, 0.3) is 0 Å². The molecule has 0 saturated heterocycles. The number of ether oxygens (including phenoxy) is 1. The zero-order valence-electron chi connectivity index (χ0n) is 9.46. The Bertz CT molecular complexity index is 472. The topological polar surface area (TPSA) is 26.3 Å². The van der Waals surface area contributed by atoms with E-state index >= 15 is 0 Å². The quantitative estimate of drug-likeness (QED) is 0.756. The average Bonchev–Trinajstić information content (AvgIpc) is 2.38. The Balaban J connectivity index is 2.19. The van der Waals surface area contributed by atoms with Crippen LogP contribution in [0, 0.1) is 0 Å². The second-order valence-corrected chi connectivity index (χ2v) is 3.96. The Labute approximate surface area is 102 Å². The SMILES string of the molecule is O=C(C1=CCCCO1)c1ccc(C(F)(F)F)cc1. The number of halogens is 3. The van der Waals surface area contributed by atoms with Crippen LogP contribution in [0.2, 0.25) is 0 Å². The summed E-state index contributed by atoms with van der Waals surface area (Å²) in [5.74, 6) is -0.149. The predicted octanol–water partition coefficient (Wildman–Crippen LogP) is 3.58. The van der Waals surface area contributed by atoms with Crippen molar-refractivity contribution in [2.45, 2.75) is 19.0 Å². The molecule has 0 aliphatic carbocycles. The van der Waals surface area contributed by atoms with Crippen molar-refractivity contribution >= 4 is 5.78 Å². The van der Waals surface area contributed by atoms with E-state index in [9.17, 15) is 18.0 Å². The molecular weight excluding hydrogens is 245 g/mol. The number of carbonyl (C=O) groups is 1. The second-order valence-electron chi connectivity index (χ2n) is 3.96. The molecule has 0 unspecified atom stereocenters. The van der Waals surface area contributed by atoms with Gasteiger partial charge >= 0.3 is 6.18 Å². The third-order valence-electron chi connectivity index (χ3n) is 2.63. The van der Waals surface area contributed by atoms with E-state index in [-0.39, 0.29) is 17.1 Å². The van der Waals surface area contributed by atoms with Gasteiger partial charge in [0.15, 0.2) is 5.76 Å². The minimum absolute atomic E-state index is 0.205. The smallest absolute Gasteiger partial charge is 0.416 e. The van der Waals surface area contributed by atoms with Crippen molar-refractivity contribution in [3.8, 4) is 0 Å². The average molecular weight is 256 g/mol. The van der Waals surface area contributed by atoms with Crippen LogP contribution >= 0.6 is 0 Å². The number of ketones is 1. The van der Waals surface area contributed by atoms with Crippen LogP contribution in [0.15, 0.2) is 36.1 Å². The largest absolute Gasteiger partial charge is 0.490 e. The number of allylic oxidation sites excluding steroid dienone is 2. The minimum atomic E-state index is -4.39. The number of hydrogen-bond acceptors (Lipinski definition) is 2. The van der Waals surface area contributed by atoms with Gasteiger partial charge in [0.1, 0.15) is 0 Å². The molecule has 1 aliphatic rings. The molecule has 1 heterocycles. The molecule has 1 aromatic rings. The molecule has 0 spiro atoms. The summed E-state index contributed by atoms with van der Waals surface area (Å²) in [4.78, 5) is 11.9. The molecule has 0 amide bonds. The number of rotatable bonds is 2. The lowest BCUT2D eigenvalue weighted by Crippen LogP contribution is -2.12. The molecular formula is C13H11F3O2. The van der Waals surface area contributed by atoms with Crippen LogP contribution in [0.3, 0.4) is 0 Å². The summed E-state index contributed by atoms with van der Waals surface area (Å²) in [6.45, 7) is 0.470. The van der Waals surface area contributed by atoms with Crippen molar-refractivity contribution < 1.29 is 22.7 Å². The summed E-state index contributed by atoms with van der Waals surface area (Å²) in [6, 6.07) is 4.14. The molecule has 18 heavy (non-hydrogen) atoms. The molecule has 2 rings (SSSR count). The normalized spacial score (nSPS) is 15.8. The van der Waals surface area contributed by atoms with Crippen LogP contribution in [0.1, 0.15) is 28.8 Å². The summed E-state index contributed by atoms with van der Waals surface area (Å²) >= 11 is 0. The van der Waals surface area contributed by atoms with Gasteiger partial charge in [-0.2, -0.15) is 13.2 Å². The molecule has 0 fully saturated rings.